The lowest BCUT2D eigenvalue weighted by atomic mass is 10.2. The summed E-state index contributed by atoms with van der Waals surface area (Å²) in [6.07, 6.45) is 0.784. The number of halogens is 1. The minimum absolute atomic E-state index is 0.169. The molecule has 2 atom stereocenters. The molecule has 1 saturated carbocycles. The van der Waals surface area contributed by atoms with Gasteiger partial charge in [-0.2, -0.15) is 0 Å². The molecule has 1 heterocycles. The van der Waals surface area contributed by atoms with E-state index in [0.717, 1.165) is 38.3 Å². The van der Waals surface area contributed by atoms with Crippen molar-refractivity contribution in [3.63, 3.8) is 0 Å². The molecule has 1 aliphatic carbocycles. The molecule has 2 aliphatic rings. The number of carbonyl (C=O) groups is 1. The SMILES string of the molecule is O=C(O)C1CC1N1CCN(c2ccc(F)cc2)CC1. The van der Waals surface area contributed by atoms with Crippen molar-refractivity contribution in [3.8, 4) is 0 Å². The summed E-state index contributed by atoms with van der Waals surface area (Å²) in [7, 11) is 0. The van der Waals surface area contributed by atoms with Crippen LogP contribution in [0.15, 0.2) is 24.3 Å². The van der Waals surface area contributed by atoms with Crippen molar-refractivity contribution in [3.05, 3.63) is 30.1 Å². The lowest BCUT2D eigenvalue weighted by Crippen LogP contribution is -2.47. The molecule has 5 heteroatoms. The predicted molar refractivity (Wildman–Crippen MR) is 69.7 cm³/mol. The van der Waals surface area contributed by atoms with E-state index >= 15 is 0 Å². The van der Waals surface area contributed by atoms with Gasteiger partial charge in [-0.1, -0.05) is 0 Å². The number of carboxylic acids is 1. The molecule has 2 unspecified atom stereocenters. The number of hydrogen-bond acceptors (Lipinski definition) is 3. The van der Waals surface area contributed by atoms with E-state index in [9.17, 15) is 9.18 Å². The van der Waals surface area contributed by atoms with Gasteiger partial charge in [-0.05, 0) is 30.7 Å². The minimum Gasteiger partial charge on any atom is -0.481 e. The lowest BCUT2D eigenvalue weighted by Gasteiger charge is -2.36. The number of aliphatic carboxylic acids is 1. The zero-order valence-corrected chi connectivity index (χ0v) is 10.6. The van der Waals surface area contributed by atoms with Crippen LogP contribution in [0.2, 0.25) is 0 Å². The van der Waals surface area contributed by atoms with Crippen molar-refractivity contribution in [2.75, 3.05) is 31.1 Å². The molecule has 2 fully saturated rings. The number of benzene rings is 1. The third kappa shape index (κ3) is 2.56. The maximum Gasteiger partial charge on any atom is 0.308 e. The van der Waals surface area contributed by atoms with Gasteiger partial charge in [0, 0.05) is 37.9 Å². The fraction of sp³-hybridized carbons (Fsp3) is 0.500. The average molecular weight is 264 g/mol. The summed E-state index contributed by atoms with van der Waals surface area (Å²) in [5.74, 6) is -1.06. The Morgan fingerprint density at radius 3 is 2.32 bits per heavy atom. The van der Waals surface area contributed by atoms with Crippen LogP contribution < -0.4 is 4.90 Å². The standard InChI is InChI=1S/C14H17FN2O2/c15-10-1-3-11(4-2-10)16-5-7-17(8-6-16)13-9-12(13)14(18)19/h1-4,12-13H,5-9H2,(H,18,19). The van der Waals surface area contributed by atoms with E-state index < -0.39 is 5.97 Å². The quantitative estimate of drug-likeness (QED) is 0.896. The Bertz CT molecular complexity index is 469. The van der Waals surface area contributed by atoms with Gasteiger partial charge in [0.15, 0.2) is 0 Å². The molecular weight excluding hydrogens is 247 g/mol. The zero-order chi connectivity index (χ0) is 13.4. The van der Waals surface area contributed by atoms with Crippen molar-refractivity contribution >= 4 is 11.7 Å². The van der Waals surface area contributed by atoms with E-state index in [1.165, 1.54) is 12.1 Å². The highest BCUT2D eigenvalue weighted by Gasteiger charge is 2.47. The molecule has 1 aromatic rings. The van der Waals surface area contributed by atoms with Crippen LogP contribution in [0.1, 0.15) is 6.42 Å². The van der Waals surface area contributed by atoms with Crippen LogP contribution in [0.3, 0.4) is 0 Å². The van der Waals surface area contributed by atoms with Gasteiger partial charge in [0.25, 0.3) is 0 Å². The molecule has 4 nitrogen and oxygen atoms in total. The van der Waals surface area contributed by atoms with Gasteiger partial charge in [0.1, 0.15) is 5.82 Å². The topological polar surface area (TPSA) is 43.8 Å². The van der Waals surface area contributed by atoms with Crippen LogP contribution in [0, 0.1) is 11.7 Å². The monoisotopic (exact) mass is 264 g/mol. The highest BCUT2D eigenvalue weighted by Crippen LogP contribution is 2.36. The van der Waals surface area contributed by atoms with E-state index in [4.69, 9.17) is 5.11 Å². The van der Waals surface area contributed by atoms with Crippen molar-refractivity contribution in [2.45, 2.75) is 12.5 Å². The first-order valence-corrected chi connectivity index (χ1v) is 6.62. The molecule has 0 spiro atoms. The third-order valence-corrected chi connectivity index (χ3v) is 4.05. The summed E-state index contributed by atoms with van der Waals surface area (Å²) >= 11 is 0. The number of anilines is 1. The lowest BCUT2D eigenvalue weighted by molar-refractivity contribution is -0.139. The summed E-state index contributed by atoms with van der Waals surface area (Å²) in [6, 6.07) is 6.77. The van der Waals surface area contributed by atoms with Gasteiger partial charge in [-0.3, -0.25) is 9.69 Å². The van der Waals surface area contributed by atoms with Gasteiger partial charge >= 0.3 is 5.97 Å². The molecule has 1 saturated heterocycles. The van der Waals surface area contributed by atoms with E-state index in [0.29, 0.717) is 0 Å². The van der Waals surface area contributed by atoms with E-state index in [-0.39, 0.29) is 17.8 Å². The van der Waals surface area contributed by atoms with Crippen LogP contribution in [-0.4, -0.2) is 48.2 Å². The van der Waals surface area contributed by atoms with E-state index in [1.807, 2.05) is 0 Å². The molecule has 1 aliphatic heterocycles. The van der Waals surface area contributed by atoms with Gasteiger partial charge < -0.3 is 10.0 Å². The second-order valence-electron chi connectivity index (χ2n) is 5.25. The molecule has 1 aromatic carbocycles. The number of piperazine rings is 1. The predicted octanol–water partition coefficient (Wildman–Crippen LogP) is 1.42. The Balaban J connectivity index is 1.55. The Morgan fingerprint density at radius 2 is 1.79 bits per heavy atom. The van der Waals surface area contributed by atoms with E-state index in [1.54, 1.807) is 12.1 Å². The van der Waals surface area contributed by atoms with Gasteiger partial charge in [0.05, 0.1) is 5.92 Å². The average Bonchev–Trinajstić information content (AvgIpc) is 3.20. The smallest absolute Gasteiger partial charge is 0.308 e. The fourth-order valence-corrected chi connectivity index (χ4v) is 2.81. The van der Waals surface area contributed by atoms with Crippen molar-refractivity contribution < 1.29 is 14.3 Å². The third-order valence-electron chi connectivity index (χ3n) is 4.05. The van der Waals surface area contributed by atoms with Gasteiger partial charge in [-0.25, -0.2) is 4.39 Å². The minimum atomic E-state index is -0.675. The molecule has 0 radical (unpaired) electrons. The summed E-state index contributed by atoms with van der Waals surface area (Å²) in [4.78, 5) is 15.3. The van der Waals surface area contributed by atoms with Crippen LogP contribution in [0.4, 0.5) is 10.1 Å². The molecule has 102 valence electrons. The Hall–Kier alpha value is -1.62. The maximum absolute atomic E-state index is 12.9. The first-order valence-electron chi connectivity index (χ1n) is 6.62. The summed E-state index contributed by atoms with van der Waals surface area (Å²) < 4.78 is 12.9. The van der Waals surface area contributed by atoms with Crippen LogP contribution in [-0.2, 0) is 4.79 Å². The molecule has 0 bridgehead atoms. The molecular formula is C14H17FN2O2. The molecule has 0 aromatic heterocycles. The number of carboxylic acid groups (broad SMARTS) is 1. The van der Waals surface area contributed by atoms with Crippen molar-refractivity contribution in [1.82, 2.24) is 4.90 Å². The Kier molecular flexibility index (Phi) is 3.14. The molecule has 19 heavy (non-hydrogen) atoms. The number of hydrogen-bond donors (Lipinski definition) is 1. The molecule has 3 rings (SSSR count). The Labute approximate surface area is 111 Å². The first-order chi connectivity index (χ1) is 9.15. The summed E-state index contributed by atoms with van der Waals surface area (Å²) in [5.41, 5.74) is 1.03. The molecule has 0 amide bonds. The maximum atomic E-state index is 12.9. The fourth-order valence-electron chi connectivity index (χ4n) is 2.81. The molecule has 1 N–H and O–H groups in total. The first kappa shape index (κ1) is 12.4. The number of rotatable bonds is 3. The van der Waals surface area contributed by atoms with Crippen LogP contribution >= 0.6 is 0 Å². The summed E-state index contributed by atoms with van der Waals surface area (Å²) in [6.45, 7) is 3.50. The second-order valence-corrected chi connectivity index (χ2v) is 5.25. The van der Waals surface area contributed by atoms with Gasteiger partial charge in [-0.15, -0.1) is 0 Å². The zero-order valence-electron chi connectivity index (χ0n) is 10.6. The number of nitrogens with zero attached hydrogens (tertiary/aromatic N) is 2. The van der Waals surface area contributed by atoms with Crippen LogP contribution in [0.5, 0.6) is 0 Å². The largest absolute Gasteiger partial charge is 0.481 e. The highest BCUT2D eigenvalue weighted by molar-refractivity contribution is 5.74. The van der Waals surface area contributed by atoms with Gasteiger partial charge in [0.2, 0.25) is 0 Å². The van der Waals surface area contributed by atoms with Crippen molar-refractivity contribution in [2.24, 2.45) is 5.92 Å². The highest BCUT2D eigenvalue weighted by atomic mass is 19.1. The van der Waals surface area contributed by atoms with Crippen molar-refractivity contribution in [1.29, 1.82) is 0 Å². The normalized spacial score (nSPS) is 27.3. The van der Waals surface area contributed by atoms with E-state index in [2.05, 4.69) is 9.80 Å². The second kappa shape index (κ2) is 4.81. The summed E-state index contributed by atoms with van der Waals surface area (Å²) in [5, 5.41) is 8.94. The van der Waals surface area contributed by atoms with Crippen LogP contribution in [0.25, 0.3) is 0 Å². The Morgan fingerprint density at radius 1 is 1.16 bits per heavy atom.